The molecule has 0 aromatic carbocycles. The van der Waals surface area contributed by atoms with Gasteiger partial charge < -0.3 is 5.73 Å². The molecule has 0 fully saturated rings. The molecular formula is C14H15N5. The number of nitrogens with zero attached hydrogens (tertiary/aromatic N) is 4. The minimum atomic E-state index is 0.688. The van der Waals surface area contributed by atoms with Crippen LogP contribution in [0, 0.1) is 0 Å². The fourth-order valence-electron chi connectivity index (χ4n) is 2.26. The van der Waals surface area contributed by atoms with Crippen molar-refractivity contribution >= 4 is 5.52 Å². The van der Waals surface area contributed by atoms with Crippen molar-refractivity contribution in [1.82, 2.24) is 19.6 Å². The van der Waals surface area contributed by atoms with Gasteiger partial charge in [-0.15, -0.1) is 0 Å². The van der Waals surface area contributed by atoms with Gasteiger partial charge in [0.25, 0.3) is 0 Å². The van der Waals surface area contributed by atoms with Crippen molar-refractivity contribution in [2.24, 2.45) is 5.73 Å². The van der Waals surface area contributed by atoms with E-state index in [4.69, 9.17) is 5.73 Å². The number of aromatic nitrogens is 4. The minimum absolute atomic E-state index is 0.688. The number of hydrogen-bond donors (Lipinski definition) is 1. The van der Waals surface area contributed by atoms with Gasteiger partial charge in [-0.1, -0.05) is 0 Å². The summed E-state index contributed by atoms with van der Waals surface area (Å²) in [5.74, 6) is 0. The van der Waals surface area contributed by atoms with E-state index < -0.39 is 0 Å². The van der Waals surface area contributed by atoms with E-state index in [1.807, 2.05) is 35.4 Å². The van der Waals surface area contributed by atoms with Crippen molar-refractivity contribution in [2.75, 3.05) is 6.54 Å². The quantitative estimate of drug-likeness (QED) is 0.768. The van der Waals surface area contributed by atoms with Crippen molar-refractivity contribution in [1.29, 1.82) is 0 Å². The maximum Gasteiger partial charge on any atom is 0.136 e. The zero-order chi connectivity index (χ0) is 13.1. The molecule has 0 bridgehead atoms. The average Bonchev–Trinajstić information content (AvgIpc) is 2.89. The maximum atomic E-state index is 5.59. The second-order valence-electron chi connectivity index (χ2n) is 4.39. The molecule has 0 spiro atoms. The second kappa shape index (κ2) is 5.16. The highest BCUT2D eigenvalue weighted by Crippen LogP contribution is 2.28. The smallest absolute Gasteiger partial charge is 0.136 e. The lowest BCUT2D eigenvalue weighted by Crippen LogP contribution is -2.01. The fraction of sp³-hybridized carbons (Fsp3) is 0.214. The van der Waals surface area contributed by atoms with Gasteiger partial charge in [0.05, 0.1) is 11.7 Å². The zero-order valence-corrected chi connectivity index (χ0v) is 10.5. The number of nitrogens with two attached hydrogens (primary N) is 1. The van der Waals surface area contributed by atoms with Crippen LogP contribution in [0.5, 0.6) is 0 Å². The van der Waals surface area contributed by atoms with E-state index in [9.17, 15) is 0 Å². The van der Waals surface area contributed by atoms with E-state index in [1.54, 1.807) is 6.33 Å². The van der Waals surface area contributed by atoms with Gasteiger partial charge in [0.1, 0.15) is 6.33 Å². The highest BCUT2D eigenvalue weighted by atomic mass is 15.2. The molecule has 0 atom stereocenters. The first-order valence-electron chi connectivity index (χ1n) is 6.31. The third kappa shape index (κ3) is 2.20. The highest BCUT2D eigenvalue weighted by molar-refractivity contribution is 5.81. The van der Waals surface area contributed by atoms with Crippen LogP contribution in [0.25, 0.3) is 16.6 Å². The molecule has 5 heteroatoms. The van der Waals surface area contributed by atoms with Gasteiger partial charge in [0.2, 0.25) is 0 Å². The molecule has 2 N–H and O–H groups in total. The molecule has 0 radical (unpaired) electrons. The Balaban J connectivity index is 2.11. The zero-order valence-electron chi connectivity index (χ0n) is 10.5. The van der Waals surface area contributed by atoms with Crippen molar-refractivity contribution in [3.05, 3.63) is 48.8 Å². The van der Waals surface area contributed by atoms with Crippen LogP contribution >= 0.6 is 0 Å². The topological polar surface area (TPSA) is 69.1 Å². The predicted molar refractivity (Wildman–Crippen MR) is 73.6 cm³/mol. The lowest BCUT2D eigenvalue weighted by molar-refractivity contribution is 0.830. The summed E-state index contributed by atoms with van der Waals surface area (Å²) in [7, 11) is 0. The van der Waals surface area contributed by atoms with E-state index in [2.05, 4.69) is 21.1 Å². The van der Waals surface area contributed by atoms with Crippen molar-refractivity contribution < 1.29 is 0 Å². The lowest BCUT2D eigenvalue weighted by atomic mass is 10.00. The summed E-state index contributed by atoms with van der Waals surface area (Å²) >= 11 is 0. The van der Waals surface area contributed by atoms with Crippen LogP contribution in [-0.4, -0.2) is 26.1 Å². The Morgan fingerprint density at radius 2 is 2.05 bits per heavy atom. The molecule has 0 amide bonds. The first-order chi connectivity index (χ1) is 9.40. The Morgan fingerprint density at radius 1 is 1.11 bits per heavy atom. The number of aryl methyl sites for hydroxylation is 1. The Bertz CT molecular complexity index is 689. The van der Waals surface area contributed by atoms with Crippen LogP contribution in [0.3, 0.4) is 0 Å². The van der Waals surface area contributed by atoms with E-state index in [0.717, 1.165) is 23.9 Å². The van der Waals surface area contributed by atoms with E-state index in [0.29, 0.717) is 6.54 Å². The summed E-state index contributed by atoms with van der Waals surface area (Å²) in [6, 6.07) is 4.10. The molecule has 3 aromatic rings. The van der Waals surface area contributed by atoms with Gasteiger partial charge in [0.15, 0.2) is 0 Å². The van der Waals surface area contributed by atoms with Gasteiger partial charge in [0, 0.05) is 24.2 Å². The van der Waals surface area contributed by atoms with E-state index >= 15 is 0 Å². The molecule has 0 aliphatic heterocycles. The molecule has 3 aromatic heterocycles. The molecule has 0 aliphatic carbocycles. The van der Waals surface area contributed by atoms with Crippen LogP contribution in [0.1, 0.15) is 12.0 Å². The number of hydrogen-bond acceptors (Lipinski definition) is 4. The summed E-state index contributed by atoms with van der Waals surface area (Å²) in [6.07, 6.45) is 10.9. The second-order valence-corrected chi connectivity index (χ2v) is 4.39. The van der Waals surface area contributed by atoms with Gasteiger partial charge >= 0.3 is 0 Å². The molecule has 19 heavy (non-hydrogen) atoms. The molecule has 0 aliphatic rings. The molecule has 0 saturated carbocycles. The SMILES string of the molecule is NCCCc1cnccc1-c1ccn2ncncc12. The van der Waals surface area contributed by atoms with Crippen LogP contribution in [0.15, 0.2) is 43.2 Å². The normalized spacial score (nSPS) is 11.0. The van der Waals surface area contributed by atoms with Crippen LogP contribution in [0.2, 0.25) is 0 Å². The Labute approximate surface area is 111 Å². The minimum Gasteiger partial charge on any atom is -0.330 e. The summed E-state index contributed by atoms with van der Waals surface area (Å²) in [5.41, 5.74) is 10.1. The predicted octanol–water partition coefficient (Wildman–Crippen LogP) is 1.68. The first-order valence-corrected chi connectivity index (χ1v) is 6.31. The van der Waals surface area contributed by atoms with Crippen molar-refractivity contribution in [3.8, 4) is 11.1 Å². The Morgan fingerprint density at radius 3 is 2.95 bits per heavy atom. The van der Waals surface area contributed by atoms with Gasteiger partial charge in [-0.05, 0) is 42.6 Å². The summed E-state index contributed by atoms with van der Waals surface area (Å²) < 4.78 is 1.83. The van der Waals surface area contributed by atoms with E-state index in [1.165, 1.54) is 11.1 Å². The number of rotatable bonds is 4. The van der Waals surface area contributed by atoms with Crippen molar-refractivity contribution in [2.45, 2.75) is 12.8 Å². The van der Waals surface area contributed by atoms with Gasteiger partial charge in [-0.3, -0.25) is 4.98 Å². The average molecular weight is 253 g/mol. The monoisotopic (exact) mass is 253 g/mol. The molecule has 3 heterocycles. The van der Waals surface area contributed by atoms with Gasteiger partial charge in [-0.25, -0.2) is 9.50 Å². The molecule has 0 saturated heterocycles. The molecule has 96 valence electrons. The van der Waals surface area contributed by atoms with E-state index in [-0.39, 0.29) is 0 Å². The Hall–Kier alpha value is -2.27. The fourth-order valence-corrected chi connectivity index (χ4v) is 2.26. The molecule has 3 rings (SSSR count). The van der Waals surface area contributed by atoms with Crippen molar-refractivity contribution in [3.63, 3.8) is 0 Å². The summed E-state index contributed by atoms with van der Waals surface area (Å²) in [5, 5.41) is 4.19. The first kappa shape index (κ1) is 11.8. The maximum absolute atomic E-state index is 5.59. The molecular weight excluding hydrogens is 238 g/mol. The summed E-state index contributed by atoms with van der Waals surface area (Å²) in [6.45, 7) is 0.688. The largest absolute Gasteiger partial charge is 0.330 e. The standard InChI is InChI=1S/C14H15N5/c15-5-1-2-11-8-16-6-3-12(11)13-4-7-19-14(13)9-17-10-18-19/h3-4,6-10H,1-2,5,15H2. The Kier molecular flexibility index (Phi) is 3.20. The number of pyridine rings is 1. The van der Waals surface area contributed by atoms with Gasteiger partial charge in [-0.2, -0.15) is 5.10 Å². The molecule has 5 nitrogen and oxygen atoms in total. The van der Waals surface area contributed by atoms with Crippen LogP contribution in [0.4, 0.5) is 0 Å². The third-order valence-electron chi connectivity index (χ3n) is 3.19. The van der Waals surface area contributed by atoms with Crippen LogP contribution < -0.4 is 5.73 Å². The van der Waals surface area contributed by atoms with Crippen LogP contribution in [-0.2, 0) is 6.42 Å². The number of fused-ring (bicyclic) bond motifs is 1. The third-order valence-corrected chi connectivity index (χ3v) is 3.19. The summed E-state index contributed by atoms with van der Waals surface area (Å²) in [4.78, 5) is 8.30. The highest BCUT2D eigenvalue weighted by Gasteiger charge is 2.10. The molecule has 0 unspecified atom stereocenters. The lowest BCUT2D eigenvalue weighted by Gasteiger charge is -2.07.